The van der Waals surface area contributed by atoms with Gasteiger partial charge in [0, 0.05) is 15.1 Å². The van der Waals surface area contributed by atoms with Gasteiger partial charge in [0.15, 0.2) is 5.17 Å². The molecular weight excluding hydrogens is 599 g/mol. The topological polar surface area (TPSA) is 76.0 Å². The second-order valence-corrected chi connectivity index (χ2v) is 12.0. The minimum absolute atomic E-state index is 0.0131. The number of amides is 1. The summed E-state index contributed by atoms with van der Waals surface area (Å²) in [4.78, 5) is 20.1. The van der Waals surface area contributed by atoms with Crippen molar-refractivity contribution in [2.75, 3.05) is 4.90 Å². The van der Waals surface area contributed by atoms with Crippen molar-refractivity contribution in [3.05, 3.63) is 123 Å². The Balaban J connectivity index is 1.41. The second kappa shape index (κ2) is 11.5. The normalized spacial score (nSPS) is 15.8. The molecule has 6 nitrogen and oxygen atoms in total. The quantitative estimate of drug-likeness (QED) is 0.161. The molecule has 0 bridgehead atoms. The molecule has 4 aromatic carbocycles. The molecule has 11 heteroatoms. The summed E-state index contributed by atoms with van der Waals surface area (Å²) in [6, 6.07) is 25.9. The van der Waals surface area contributed by atoms with Crippen LogP contribution in [-0.2, 0) is 14.9 Å². The molecule has 1 aliphatic heterocycles. The Hall–Kier alpha value is -3.27. The number of rotatable bonds is 6. The van der Waals surface area contributed by atoms with Gasteiger partial charge in [-0.05, 0) is 108 Å². The third kappa shape index (κ3) is 6.49. The Morgan fingerprint density at radius 3 is 1.87 bits per heavy atom. The molecule has 1 heterocycles. The maximum Gasteiger partial charge on any atom is 0.339 e. The number of carbonyl (C=O) groups excluding carboxylic acids is 1. The summed E-state index contributed by atoms with van der Waals surface area (Å²) in [5.41, 5.74) is 1.92. The molecule has 0 spiro atoms. The Morgan fingerprint density at radius 1 is 0.744 bits per heavy atom. The third-order valence-corrected chi connectivity index (χ3v) is 8.41. The first-order valence-corrected chi connectivity index (χ1v) is 14.7. The molecule has 0 aliphatic carbocycles. The maximum absolute atomic E-state index is 13.5. The summed E-state index contributed by atoms with van der Waals surface area (Å²) in [5.74, 6) is -0.133. The Labute approximate surface area is 244 Å². The van der Waals surface area contributed by atoms with E-state index in [4.69, 9.17) is 39.0 Å². The van der Waals surface area contributed by atoms with E-state index < -0.39 is 10.1 Å². The highest BCUT2D eigenvalue weighted by molar-refractivity contribution is 8.19. The lowest BCUT2D eigenvalue weighted by Crippen LogP contribution is -2.28. The van der Waals surface area contributed by atoms with Crippen molar-refractivity contribution in [2.45, 2.75) is 4.90 Å². The van der Waals surface area contributed by atoms with Crippen LogP contribution in [0.4, 0.5) is 11.4 Å². The van der Waals surface area contributed by atoms with Crippen LogP contribution in [0.15, 0.2) is 112 Å². The van der Waals surface area contributed by atoms with E-state index in [2.05, 4.69) is 4.99 Å². The Bertz CT molecular complexity index is 1690. The Morgan fingerprint density at radius 2 is 1.28 bits per heavy atom. The minimum Gasteiger partial charge on any atom is -0.379 e. The zero-order chi connectivity index (χ0) is 27.6. The van der Waals surface area contributed by atoms with Gasteiger partial charge in [-0.25, -0.2) is 4.99 Å². The maximum atomic E-state index is 13.5. The first-order valence-electron chi connectivity index (χ1n) is 11.3. The second-order valence-electron chi connectivity index (χ2n) is 8.16. The molecule has 196 valence electrons. The van der Waals surface area contributed by atoms with Gasteiger partial charge in [-0.3, -0.25) is 9.69 Å². The van der Waals surface area contributed by atoms with E-state index in [1.165, 1.54) is 53.1 Å². The zero-order valence-corrected chi connectivity index (χ0v) is 23.7. The number of aliphatic imine (C=N–C) groups is 1. The lowest BCUT2D eigenvalue weighted by Gasteiger charge is -2.15. The largest absolute Gasteiger partial charge is 0.379 e. The van der Waals surface area contributed by atoms with Crippen LogP contribution < -0.4 is 9.08 Å². The molecule has 0 aromatic heterocycles. The van der Waals surface area contributed by atoms with Gasteiger partial charge in [-0.1, -0.05) is 46.9 Å². The molecular formula is C28H17Cl3N2O4S2. The predicted molar refractivity (Wildman–Crippen MR) is 159 cm³/mol. The SMILES string of the molecule is O=C1/C(=C/c2ccc(OS(=O)(=O)c3ccc(Cl)cc3)cc2)SC(=Nc2ccc(Cl)cc2)N1c1ccc(Cl)cc1. The van der Waals surface area contributed by atoms with Crippen LogP contribution in [0.25, 0.3) is 6.08 Å². The number of nitrogens with zero attached hydrogens (tertiary/aromatic N) is 2. The number of halogens is 3. The lowest BCUT2D eigenvalue weighted by molar-refractivity contribution is -0.113. The monoisotopic (exact) mass is 614 g/mol. The van der Waals surface area contributed by atoms with E-state index >= 15 is 0 Å². The summed E-state index contributed by atoms with van der Waals surface area (Å²) in [6.07, 6.45) is 1.71. The van der Waals surface area contributed by atoms with Gasteiger partial charge in [0.1, 0.15) is 10.6 Å². The number of hydrogen-bond donors (Lipinski definition) is 0. The predicted octanol–water partition coefficient (Wildman–Crippen LogP) is 8.22. The lowest BCUT2D eigenvalue weighted by atomic mass is 10.2. The van der Waals surface area contributed by atoms with Gasteiger partial charge in [0.2, 0.25) is 0 Å². The average Bonchev–Trinajstić information content (AvgIpc) is 3.21. The van der Waals surface area contributed by atoms with Crippen molar-refractivity contribution >= 4 is 85.2 Å². The van der Waals surface area contributed by atoms with Gasteiger partial charge in [-0.15, -0.1) is 0 Å². The van der Waals surface area contributed by atoms with Crippen LogP contribution in [0.5, 0.6) is 5.75 Å². The van der Waals surface area contributed by atoms with Crippen LogP contribution in [0.3, 0.4) is 0 Å². The highest BCUT2D eigenvalue weighted by Gasteiger charge is 2.34. The van der Waals surface area contributed by atoms with E-state index in [-0.39, 0.29) is 16.6 Å². The standard InChI is InChI=1S/C28H17Cl3N2O4S2/c29-19-3-9-22(10-4-19)32-28-33(23-11-5-20(30)6-12-23)27(34)26(38-28)17-18-1-13-24(14-2-18)37-39(35,36)25-15-7-21(31)8-16-25/h1-17H/b26-17-,32-28?. The molecule has 1 fully saturated rings. The van der Waals surface area contributed by atoms with Crippen molar-refractivity contribution < 1.29 is 17.4 Å². The number of carbonyl (C=O) groups is 1. The van der Waals surface area contributed by atoms with Gasteiger partial charge in [0.05, 0.1) is 16.3 Å². The van der Waals surface area contributed by atoms with Crippen LogP contribution in [0.2, 0.25) is 15.1 Å². The van der Waals surface area contributed by atoms with Crippen LogP contribution >= 0.6 is 46.6 Å². The summed E-state index contributed by atoms with van der Waals surface area (Å²) >= 11 is 19.1. The van der Waals surface area contributed by atoms with Crippen molar-refractivity contribution in [3.8, 4) is 5.75 Å². The van der Waals surface area contributed by atoms with Crippen molar-refractivity contribution in [1.82, 2.24) is 0 Å². The van der Waals surface area contributed by atoms with Crippen molar-refractivity contribution in [1.29, 1.82) is 0 Å². The molecule has 4 aromatic rings. The van der Waals surface area contributed by atoms with Crippen molar-refractivity contribution in [3.63, 3.8) is 0 Å². The molecule has 5 rings (SSSR count). The number of hydrogen-bond acceptors (Lipinski definition) is 6. The molecule has 39 heavy (non-hydrogen) atoms. The summed E-state index contributed by atoms with van der Waals surface area (Å²) in [7, 11) is -4.03. The van der Waals surface area contributed by atoms with E-state index in [1.54, 1.807) is 66.7 Å². The highest BCUT2D eigenvalue weighted by atomic mass is 35.5. The fourth-order valence-corrected chi connectivity index (χ4v) is 5.85. The average molecular weight is 616 g/mol. The highest BCUT2D eigenvalue weighted by Crippen LogP contribution is 2.38. The molecule has 1 saturated heterocycles. The van der Waals surface area contributed by atoms with E-state index in [9.17, 15) is 13.2 Å². The first-order chi connectivity index (χ1) is 18.7. The smallest absolute Gasteiger partial charge is 0.339 e. The third-order valence-electron chi connectivity index (χ3n) is 5.43. The Kier molecular flexibility index (Phi) is 8.02. The summed E-state index contributed by atoms with van der Waals surface area (Å²) in [6.45, 7) is 0. The fraction of sp³-hybridized carbons (Fsp3) is 0. The van der Waals surface area contributed by atoms with E-state index in [0.717, 1.165) is 0 Å². The van der Waals surface area contributed by atoms with Crippen LogP contribution in [-0.4, -0.2) is 19.5 Å². The molecule has 0 atom stereocenters. The van der Waals surface area contributed by atoms with E-state index in [0.29, 0.717) is 42.1 Å². The van der Waals surface area contributed by atoms with Gasteiger partial charge in [0.25, 0.3) is 5.91 Å². The van der Waals surface area contributed by atoms with Crippen LogP contribution in [0.1, 0.15) is 5.56 Å². The molecule has 0 unspecified atom stereocenters. The van der Waals surface area contributed by atoms with E-state index in [1.807, 2.05) is 0 Å². The molecule has 0 radical (unpaired) electrons. The van der Waals surface area contributed by atoms with Gasteiger partial charge < -0.3 is 4.18 Å². The molecule has 0 N–H and O–H groups in total. The first kappa shape index (κ1) is 27.3. The summed E-state index contributed by atoms with van der Waals surface area (Å²) in [5, 5.41) is 2.01. The van der Waals surface area contributed by atoms with Crippen LogP contribution in [0, 0.1) is 0 Å². The fourth-order valence-electron chi connectivity index (χ4n) is 3.54. The number of thioether (sulfide) groups is 1. The number of amidine groups is 1. The molecule has 1 amide bonds. The zero-order valence-electron chi connectivity index (χ0n) is 19.8. The number of anilines is 1. The van der Waals surface area contributed by atoms with Gasteiger partial charge in [-0.2, -0.15) is 8.42 Å². The van der Waals surface area contributed by atoms with Crippen molar-refractivity contribution in [2.24, 2.45) is 4.99 Å². The molecule has 0 saturated carbocycles. The number of benzene rings is 4. The van der Waals surface area contributed by atoms with Gasteiger partial charge >= 0.3 is 10.1 Å². The molecule has 1 aliphatic rings. The minimum atomic E-state index is -4.03. The summed E-state index contributed by atoms with van der Waals surface area (Å²) < 4.78 is 30.4.